The minimum atomic E-state index is -0.461. The van der Waals surface area contributed by atoms with Crippen LogP contribution in [-0.2, 0) is 6.54 Å². The number of pyridine rings is 1. The number of hydrogen-bond acceptors (Lipinski definition) is 3. The molecule has 0 radical (unpaired) electrons. The number of nitrogens with zero attached hydrogens (tertiary/aromatic N) is 1. The fourth-order valence-corrected chi connectivity index (χ4v) is 1.98. The van der Waals surface area contributed by atoms with Crippen LogP contribution in [0.25, 0.3) is 0 Å². The van der Waals surface area contributed by atoms with Crippen LogP contribution in [0.5, 0.6) is 11.5 Å². The van der Waals surface area contributed by atoms with Crippen molar-refractivity contribution in [2.75, 3.05) is 6.54 Å². The lowest BCUT2D eigenvalue weighted by molar-refractivity contribution is 0.466. The van der Waals surface area contributed by atoms with Gasteiger partial charge >= 0.3 is 0 Å². The molecule has 0 aliphatic rings. The summed E-state index contributed by atoms with van der Waals surface area (Å²) in [5, 5.41) is 3.38. The van der Waals surface area contributed by atoms with Crippen molar-refractivity contribution in [2.24, 2.45) is 5.92 Å². The first-order valence-corrected chi connectivity index (χ1v) is 7.20. The van der Waals surface area contributed by atoms with E-state index in [2.05, 4.69) is 24.1 Å². The molecule has 0 aliphatic carbocycles. The predicted octanol–water partition coefficient (Wildman–Crippen LogP) is 4.41. The third-order valence-electron chi connectivity index (χ3n) is 2.85. The fourth-order valence-electron chi connectivity index (χ4n) is 1.81. The molecule has 5 heteroatoms. The van der Waals surface area contributed by atoms with Gasteiger partial charge in [0.2, 0.25) is 0 Å². The smallest absolute Gasteiger partial charge is 0.142 e. The van der Waals surface area contributed by atoms with E-state index in [0.717, 1.165) is 12.1 Å². The van der Waals surface area contributed by atoms with E-state index in [0.29, 0.717) is 24.0 Å². The molecule has 1 heterocycles. The van der Waals surface area contributed by atoms with Crippen LogP contribution in [0.4, 0.5) is 4.39 Å². The maximum absolute atomic E-state index is 13.2. The summed E-state index contributed by atoms with van der Waals surface area (Å²) in [5.41, 5.74) is 0.943. The number of hydrogen-bond donors (Lipinski definition) is 1. The van der Waals surface area contributed by atoms with Crippen molar-refractivity contribution < 1.29 is 9.13 Å². The first-order chi connectivity index (χ1) is 10.1. The zero-order valence-electron chi connectivity index (χ0n) is 12.1. The fraction of sp³-hybridized carbons (Fsp3) is 0.312. The van der Waals surface area contributed by atoms with E-state index in [9.17, 15) is 4.39 Å². The first kappa shape index (κ1) is 15.7. The second-order valence-corrected chi connectivity index (χ2v) is 5.59. The largest absolute Gasteiger partial charge is 0.457 e. The van der Waals surface area contributed by atoms with Gasteiger partial charge in [-0.2, -0.15) is 0 Å². The molecule has 2 rings (SSSR count). The van der Waals surface area contributed by atoms with Crippen LogP contribution >= 0.6 is 11.6 Å². The summed E-state index contributed by atoms with van der Waals surface area (Å²) in [7, 11) is 0. The zero-order chi connectivity index (χ0) is 15.2. The van der Waals surface area contributed by atoms with Crippen molar-refractivity contribution in [1.82, 2.24) is 10.3 Å². The predicted molar refractivity (Wildman–Crippen MR) is 82.3 cm³/mol. The first-order valence-electron chi connectivity index (χ1n) is 6.82. The molecule has 2 aromatic rings. The van der Waals surface area contributed by atoms with Gasteiger partial charge in [0.15, 0.2) is 0 Å². The number of aromatic nitrogens is 1. The molecular formula is C16H18ClFN2O. The van der Waals surface area contributed by atoms with Gasteiger partial charge in [-0.1, -0.05) is 25.4 Å². The third kappa shape index (κ3) is 4.69. The summed E-state index contributed by atoms with van der Waals surface area (Å²) in [4.78, 5) is 4.11. The molecule has 0 fully saturated rings. The topological polar surface area (TPSA) is 34.2 Å². The quantitative estimate of drug-likeness (QED) is 0.858. The Morgan fingerprint density at radius 1 is 1.33 bits per heavy atom. The highest BCUT2D eigenvalue weighted by Crippen LogP contribution is 2.27. The molecule has 0 aliphatic heterocycles. The number of ether oxygens (including phenoxy) is 1. The molecule has 1 N–H and O–H groups in total. The van der Waals surface area contributed by atoms with Crippen LogP contribution in [0.2, 0.25) is 5.02 Å². The van der Waals surface area contributed by atoms with E-state index in [1.54, 1.807) is 24.5 Å². The van der Waals surface area contributed by atoms with Gasteiger partial charge in [-0.05, 0) is 30.7 Å². The molecule has 0 unspecified atom stereocenters. The molecule has 0 saturated heterocycles. The lowest BCUT2D eigenvalue weighted by atomic mass is 10.2. The normalized spacial score (nSPS) is 10.9. The number of halogens is 2. The maximum atomic E-state index is 13.2. The number of benzene rings is 1. The van der Waals surface area contributed by atoms with Gasteiger partial charge in [-0.25, -0.2) is 4.39 Å². The Labute approximate surface area is 129 Å². The lowest BCUT2D eigenvalue weighted by Crippen LogP contribution is -2.19. The van der Waals surface area contributed by atoms with Gasteiger partial charge in [0, 0.05) is 30.6 Å². The van der Waals surface area contributed by atoms with E-state index in [-0.39, 0.29) is 5.02 Å². The monoisotopic (exact) mass is 308 g/mol. The summed E-state index contributed by atoms with van der Waals surface area (Å²) in [6.45, 7) is 5.87. The van der Waals surface area contributed by atoms with Crippen LogP contribution in [0.1, 0.15) is 19.4 Å². The summed E-state index contributed by atoms with van der Waals surface area (Å²) < 4.78 is 18.9. The Balaban J connectivity index is 2.10. The van der Waals surface area contributed by atoms with Gasteiger partial charge in [-0.3, -0.25) is 4.98 Å². The third-order valence-corrected chi connectivity index (χ3v) is 3.14. The van der Waals surface area contributed by atoms with Crippen LogP contribution in [-0.4, -0.2) is 11.5 Å². The van der Waals surface area contributed by atoms with Crippen LogP contribution in [0.3, 0.4) is 0 Å². The highest BCUT2D eigenvalue weighted by Gasteiger charge is 2.07. The number of rotatable bonds is 6. The summed E-state index contributed by atoms with van der Waals surface area (Å²) in [5.74, 6) is 1.29. The summed E-state index contributed by atoms with van der Waals surface area (Å²) in [6.07, 6.45) is 3.42. The van der Waals surface area contributed by atoms with Crippen LogP contribution in [0, 0.1) is 11.7 Å². The van der Waals surface area contributed by atoms with Crippen LogP contribution in [0.15, 0.2) is 36.7 Å². The Kier molecular flexibility index (Phi) is 5.53. The van der Waals surface area contributed by atoms with Crippen LogP contribution < -0.4 is 10.1 Å². The minimum absolute atomic E-state index is 0.0426. The molecule has 1 aromatic heterocycles. The molecule has 1 aromatic carbocycles. The summed E-state index contributed by atoms with van der Waals surface area (Å²) >= 11 is 5.76. The average Bonchev–Trinajstić information content (AvgIpc) is 2.44. The van der Waals surface area contributed by atoms with Gasteiger partial charge in [0.25, 0.3) is 0 Å². The lowest BCUT2D eigenvalue weighted by Gasteiger charge is -2.12. The van der Waals surface area contributed by atoms with E-state index in [4.69, 9.17) is 16.3 Å². The highest BCUT2D eigenvalue weighted by molar-refractivity contribution is 6.30. The van der Waals surface area contributed by atoms with Crippen molar-refractivity contribution in [3.05, 3.63) is 53.1 Å². The van der Waals surface area contributed by atoms with E-state index < -0.39 is 5.82 Å². The second kappa shape index (κ2) is 7.38. The van der Waals surface area contributed by atoms with Gasteiger partial charge < -0.3 is 10.1 Å². The molecule has 3 nitrogen and oxygen atoms in total. The molecule has 21 heavy (non-hydrogen) atoms. The molecule has 0 atom stereocenters. The molecule has 0 bridgehead atoms. The molecule has 0 spiro atoms. The van der Waals surface area contributed by atoms with E-state index in [1.165, 1.54) is 12.1 Å². The molecule has 0 amide bonds. The van der Waals surface area contributed by atoms with Crippen molar-refractivity contribution in [2.45, 2.75) is 20.4 Å². The average molecular weight is 309 g/mol. The Morgan fingerprint density at radius 2 is 2.14 bits per heavy atom. The Hall–Kier alpha value is -1.65. The Bertz CT molecular complexity index is 605. The van der Waals surface area contributed by atoms with E-state index in [1.807, 2.05) is 0 Å². The minimum Gasteiger partial charge on any atom is -0.457 e. The summed E-state index contributed by atoms with van der Waals surface area (Å²) in [6, 6.07) is 6.08. The molecular weight excluding hydrogens is 291 g/mol. The van der Waals surface area contributed by atoms with Crippen molar-refractivity contribution in [1.29, 1.82) is 0 Å². The molecule has 112 valence electrons. The zero-order valence-corrected chi connectivity index (χ0v) is 12.8. The van der Waals surface area contributed by atoms with E-state index >= 15 is 0 Å². The second-order valence-electron chi connectivity index (χ2n) is 5.19. The maximum Gasteiger partial charge on any atom is 0.142 e. The standard InChI is InChI=1S/C16H18ClFN2O/c1-11(2)8-20-10-12-9-19-6-5-16(12)21-13-3-4-15(18)14(17)7-13/h3-7,9,11,20H,8,10H2,1-2H3. The highest BCUT2D eigenvalue weighted by atomic mass is 35.5. The SMILES string of the molecule is CC(C)CNCc1cnccc1Oc1ccc(F)c(Cl)c1. The number of nitrogens with one attached hydrogen (secondary N) is 1. The van der Waals surface area contributed by atoms with Gasteiger partial charge in [-0.15, -0.1) is 0 Å². The van der Waals surface area contributed by atoms with Gasteiger partial charge in [0.05, 0.1) is 5.02 Å². The molecule has 0 saturated carbocycles. The Morgan fingerprint density at radius 3 is 2.86 bits per heavy atom. The van der Waals surface area contributed by atoms with Crippen molar-refractivity contribution in [3.63, 3.8) is 0 Å². The van der Waals surface area contributed by atoms with Crippen molar-refractivity contribution in [3.8, 4) is 11.5 Å². The van der Waals surface area contributed by atoms with Gasteiger partial charge in [0.1, 0.15) is 17.3 Å². The van der Waals surface area contributed by atoms with Crippen molar-refractivity contribution >= 4 is 11.6 Å².